The van der Waals surface area contributed by atoms with Crippen LogP contribution in [-0.2, 0) is 29.8 Å². The number of hydrogen-bond acceptors (Lipinski definition) is 5. The van der Waals surface area contributed by atoms with E-state index < -0.39 is 0 Å². The number of fused-ring (bicyclic) bond motifs is 1. The molecule has 0 fully saturated rings. The van der Waals surface area contributed by atoms with Crippen molar-refractivity contribution in [1.82, 2.24) is 0 Å². The van der Waals surface area contributed by atoms with Crippen molar-refractivity contribution in [1.29, 1.82) is 0 Å². The second kappa shape index (κ2) is 11.9. The van der Waals surface area contributed by atoms with Crippen molar-refractivity contribution in [2.45, 2.75) is 65.2 Å². The number of benzene rings is 1. The fraction of sp³-hybridized carbons (Fsp3) is 0.577. The van der Waals surface area contributed by atoms with Gasteiger partial charge in [0.25, 0.3) is 0 Å². The van der Waals surface area contributed by atoms with Gasteiger partial charge >= 0.3 is 199 Å². The fourth-order valence-corrected chi connectivity index (χ4v) is 5.14. The molecule has 6 heteroatoms. The number of esters is 1. The number of rotatable bonds is 9. The van der Waals surface area contributed by atoms with Gasteiger partial charge in [0.1, 0.15) is 0 Å². The number of methoxy groups -OCH3 is 1. The number of hydrogen-bond donors (Lipinski definition) is 0. The Balaban J connectivity index is 2.33. The molecular formula is C26H36O5Se. The molecule has 1 aromatic carbocycles. The van der Waals surface area contributed by atoms with E-state index in [0.717, 1.165) is 23.1 Å². The normalized spacial score (nSPS) is 16.5. The zero-order valence-electron chi connectivity index (χ0n) is 20.4. The van der Waals surface area contributed by atoms with Crippen LogP contribution in [0.2, 0.25) is 0 Å². The minimum absolute atomic E-state index is 0.0933. The molecule has 1 aliphatic carbocycles. The number of carbonyl (C=O) groups excluding carboxylic acids is 1. The Hall–Kier alpha value is -1.77. The van der Waals surface area contributed by atoms with Crippen molar-refractivity contribution in [3.8, 4) is 16.5 Å². The summed E-state index contributed by atoms with van der Waals surface area (Å²) in [6, 6.07) is 4.47. The molecule has 0 spiro atoms. The molecule has 0 unspecified atom stereocenters. The predicted octanol–water partition coefficient (Wildman–Crippen LogP) is 3.83. The molecule has 0 saturated carbocycles. The van der Waals surface area contributed by atoms with E-state index in [4.69, 9.17) is 18.9 Å². The van der Waals surface area contributed by atoms with Crippen molar-refractivity contribution in [2.24, 2.45) is 0 Å². The van der Waals surface area contributed by atoms with Crippen LogP contribution in [0.5, 0.6) is 5.75 Å². The van der Waals surface area contributed by atoms with Crippen molar-refractivity contribution in [2.75, 3.05) is 33.7 Å². The third-order valence-corrected chi connectivity index (χ3v) is 7.24. The topological polar surface area (TPSA) is 54.0 Å². The Kier molecular flexibility index (Phi) is 9.85. The second-order valence-electron chi connectivity index (χ2n) is 9.18. The molecule has 0 bridgehead atoms. The van der Waals surface area contributed by atoms with E-state index >= 15 is 0 Å². The van der Waals surface area contributed by atoms with E-state index in [9.17, 15) is 4.79 Å². The summed E-state index contributed by atoms with van der Waals surface area (Å²) in [5.74, 6) is 3.55. The van der Waals surface area contributed by atoms with Gasteiger partial charge in [0.05, 0.1) is 0 Å². The van der Waals surface area contributed by atoms with Crippen LogP contribution in [0.3, 0.4) is 0 Å². The van der Waals surface area contributed by atoms with Gasteiger partial charge in [-0.25, -0.2) is 0 Å². The Morgan fingerprint density at radius 3 is 2.41 bits per heavy atom. The molecule has 0 radical (unpaired) electrons. The molecule has 0 aromatic heterocycles. The summed E-state index contributed by atoms with van der Waals surface area (Å²) >= 11 is -0.141. The zero-order valence-corrected chi connectivity index (χ0v) is 22.1. The van der Waals surface area contributed by atoms with Crippen LogP contribution < -0.4 is 9.20 Å². The molecule has 5 nitrogen and oxygen atoms in total. The average molecular weight is 508 g/mol. The van der Waals surface area contributed by atoms with Gasteiger partial charge in [-0.3, -0.25) is 0 Å². The van der Waals surface area contributed by atoms with Crippen LogP contribution in [0.4, 0.5) is 0 Å². The fourth-order valence-electron chi connectivity index (χ4n) is 3.63. The van der Waals surface area contributed by atoms with Gasteiger partial charge < -0.3 is 0 Å². The van der Waals surface area contributed by atoms with Crippen molar-refractivity contribution in [3.63, 3.8) is 0 Å². The quantitative estimate of drug-likeness (QED) is 0.127. The van der Waals surface area contributed by atoms with Gasteiger partial charge in [0.15, 0.2) is 0 Å². The summed E-state index contributed by atoms with van der Waals surface area (Å²) < 4.78 is 22.7. The molecule has 2 rings (SSSR count). The Bertz CT molecular complexity index is 889. The van der Waals surface area contributed by atoms with Crippen LogP contribution >= 0.6 is 0 Å². The molecule has 32 heavy (non-hydrogen) atoms. The Morgan fingerprint density at radius 1 is 1.12 bits per heavy atom. The summed E-state index contributed by atoms with van der Waals surface area (Å²) in [5.41, 5.74) is 3.60. The molecule has 0 amide bonds. The SMILES string of the molecule is CCOC(=O)C=C(C)C#C[Se]c1cc2c(cc1OCOCCOC)C(C)(C)CCC2(C)C. The second-order valence-corrected chi connectivity index (χ2v) is 11.0. The summed E-state index contributed by atoms with van der Waals surface area (Å²) in [5, 5.41) is 0. The van der Waals surface area contributed by atoms with Gasteiger partial charge in [-0.05, 0) is 0 Å². The first-order valence-electron chi connectivity index (χ1n) is 11.0. The first kappa shape index (κ1) is 26.5. The van der Waals surface area contributed by atoms with Gasteiger partial charge in [-0.15, -0.1) is 0 Å². The molecule has 1 aliphatic rings. The van der Waals surface area contributed by atoms with E-state index in [-0.39, 0.29) is 38.5 Å². The molecule has 1 aromatic rings. The summed E-state index contributed by atoms with van der Waals surface area (Å²) in [6.07, 6.45) is 3.72. The van der Waals surface area contributed by atoms with Crippen molar-refractivity contribution in [3.05, 3.63) is 34.9 Å². The summed E-state index contributed by atoms with van der Waals surface area (Å²) in [4.78, 5) is 14.9. The molecule has 0 heterocycles. The summed E-state index contributed by atoms with van der Waals surface area (Å²) in [6.45, 7) is 14.4. The van der Waals surface area contributed by atoms with E-state index in [1.807, 2.05) is 6.92 Å². The number of carbonyl (C=O) groups is 1. The van der Waals surface area contributed by atoms with E-state index in [1.54, 1.807) is 14.0 Å². The molecule has 176 valence electrons. The van der Waals surface area contributed by atoms with Crippen LogP contribution in [0.1, 0.15) is 65.5 Å². The van der Waals surface area contributed by atoms with Gasteiger partial charge in [0, 0.05) is 0 Å². The van der Waals surface area contributed by atoms with Gasteiger partial charge in [0.2, 0.25) is 0 Å². The monoisotopic (exact) mass is 508 g/mol. The van der Waals surface area contributed by atoms with Crippen LogP contribution in [0.15, 0.2) is 23.8 Å². The van der Waals surface area contributed by atoms with Crippen LogP contribution in [0, 0.1) is 10.7 Å². The van der Waals surface area contributed by atoms with E-state index in [2.05, 4.69) is 50.6 Å². The van der Waals surface area contributed by atoms with Crippen LogP contribution in [0.25, 0.3) is 0 Å². The third kappa shape index (κ3) is 7.39. The van der Waals surface area contributed by atoms with Gasteiger partial charge in [-0.1, -0.05) is 0 Å². The predicted molar refractivity (Wildman–Crippen MR) is 129 cm³/mol. The van der Waals surface area contributed by atoms with E-state index in [1.165, 1.54) is 17.2 Å². The summed E-state index contributed by atoms with van der Waals surface area (Å²) in [7, 11) is 1.65. The molecule has 0 aliphatic heterocycles. The Morgan fingerprint density at radius 2 is 1.78 bits per heavy atom. The molecule has 0 N–H and O–H groups in total. The third-order valence-electron chi connectivity index (χ3n) is 5.68. The minimum atomic E-state index is -0.359. The average Bonchev–Trinajstić information content (AvgIpc) is 2.72. The maximum absolute atomic E-state index is 11.6. The molecule has 0 atom stereocenters. The first-order chi connectivity index (χ1) is 15.1. The number of allylic oxidation sites excluding steroid dienone is 1. The van der Waals surface area contributed by atoms with Gasteiger partial charge in [-0.2, -0.15) is 0 Å². The van der Waals surface area contributed by atoms with Crippen molar-refractivity contribution < 1.29 is 23.7 Å². The van der Waals surface area contributed by atoms with Crippen LogP contribution in [-0.4, -0.2) is 54.6 Å². The zero-order chi connectivity index (χ0) is 23.8. The first-order valence-corrected chi connectivity index (χ1v) is 12.7. The molecular weight excluding hydrogens is 471 g/mol. The molecule has 0 saturated heterocycles. The maximum atomic E-state index is 11.6. The number of ether oxygens (including phenoxy) is 4. The standard InChI is InChI=1S/C26H36O5Se/c1-8-30-24(27)15-19(2)9-14-32-23-17-21-20(25(3,4)10-11-26(21,5)6)16-22(23)31-18-29-13-12-28-7/h15-17H,8,10-13,18H2,1-7H3. The van der Waals surface area contributed by atoms with E-state index in [0.29, 0.717) is 25.4 Å². The Labute approximate surface area is 199 Å². The van der Waals surface area contributed by atoms with Crippen molar-refractivity contribution >= 4 is 25.4 Å².